The van der Waals surface area contributed by atoms with Gasteiger partial charge in [0, 0.05) is 34.6 Å². The first-order chi connectivity index (χ1) is 16.3. The topological polar surface area (TPSA) is 176 Å². The summed E-state index contributed by atoms with van der Waals surface area (Å²) in [7, 11) is 1.08. The van der Waals surface area contributed by atoms with Gasteiger partial charge in [-0.05, 0) is 0 Å². The summed E-state index contributed by atoms with van der Waals surface area (Å²) in [6.07, 6.45) is -6.29. The zero-order valence-corrected chi connectivity index (χ0v) is 20.1. The summed E-state index contributed by atoms with van der Waals surface area (Å²) < 4.78 is 41.3. The largest absolute Gasteiger partial charge is 0.468 e. The Morgan fingerprint density at radius 2 is 1.23 bits per heavy atom. The van der Waals surface area contributed by atoms with Crippen LogP contribution >= 0.6 is 0 Å². The lowest BCUT2D eigenvalue weighted by atomic mass is 9.98. The van der Waals surface area contributed by atoms with Crippen LogP contribution in [0.2, 0.25) is 0 Å². The molecule has 1 fully saturated rings. The van der Waals surface area contributed by atoms with Crippen molar-refractivity contribution in [3.8, 4) is 0 Å². The van der Waals surface area contributed by atoms with Gasteiger partial charge in [0.05, 0.1) is 7.11 Å². The maximum Gasteiger partial charge on any atom is 0.340 e. The molecule has 0 aromatic carbocycles. The minimum absolute atomic E-state index is 0.254. The number of carbonyl (C=O) groups is 6. The third kappa shape index (κ3) is 10.00. The molecule has 0 aromatic rings. The third-order valence-corrected chi connectivity index (χ3v) is 4.17. The first kappa shape index (κ1) is 29.4. The lowest BCUT2D eigenvalue weighted by Crippen LogP contribution is -2.62. The monoisotopic (exact) mass is 504 g/mol. The molecule has 14 nitrogen and oxygen atoms in total. The van der Waals surface area contributed by atoms with Crippen LogP contribution in [0.5, 0.6) is 0 Å². The molecule has 0 spiro atoms. The molecule has 1 aliphatic rings. The molecule has 1 rings (SSSR count). The van der Waals surface area contributed by atoms with Crippen molar-refractivity contribution in [2.45, 2.75) is 65.3 Å². The van der Waals surface area contributed by atoms with Crippen LogP contribution in [0.3, 0.4) is 0 Å². The average molecular weight is 504 g/mol. The Hall–Kier alpha value is -3.68. The molecule has 5 atom stereocenters. The first-order valence-corrected chi connectivity index (χ1v) is 10.2. The van der Waals surface area contributed by atoms with Gasteiger partial charge in [-0.25, -0.2) is 4.79 Å². The maximum absolute atomic E-state index is 12.0. The van der Waals surface area contributed by atoms with Crippen LogP contribution < -0.4 is 0 Å². The second-order valence-corrected chi connectivity index (χ2v) is 7.12. The Labute approximate surface area is 200 Å². The lowest BCUT2D eigenvalue weighted by molar-refractivity contribution is -0.297. The molecular formula is C21H28O14. The number of esters is 6. The summed E-state index contributed by atoms with van der Waals surface area (Å²) in [5.41, 5.74) is -0.254. The smallest absolute Gasteiger partial charge is 0.340 e. The van der Waals surface area contributed by atoms with E-state index < -0.39 is 79.7 Å². The number of hydrogen-bond donors (Lipinski definition) is 0. The molecule has 0 aliphatic carbocycles. The Kier molecular flexibility index (Phi) is 11.6. The normalized spacial score (nSPS) is 23.8. The van der Waals surface area contributed by atoms with Gasteiger partial charge in [-0.3, -0.25) is 24.0 Å². The molecular weight excluding hydrogens is 476 g/mol. The molecule has 1 saturated heterocycles. The van der Waals surface area contributed by atoms with Crippen molar-refractivity contribution in [3.05, 3.63) is 11.8 Å². The first-order valence-electron chi connectivity index (χ1n) is 10.2. The van der Waals surface area contributed by atoms with Gasteiger partial charge in [-0.1, -0.05) is 0 Å². The second kappa shape index (κ2) is 13.9. The van der Waals surface area contributed by atoms with E-state index in [9.17, 15) is 28.8 Å². The standard InChI is InChI=1S/C21H28O14/c1-10(22)29-7-15(20(27)28-6)8-31-21-19(34-14(5)26)18(33-13(4)25)17(32-12(3)24)16(35-21)9-30-11(2)23/h8,16-19,21H,7,9H2,1-6H3/b15-8+/t16-,17-,18+,19-,21-/m1/s1. The van der Waals surface area contributed by atoms with E-state index in [2.05, 4.69) is 4.74 Å². The molecule has 0 amide bonds. The van der Waals surface area contributed by atoms with Gasteiger partial charge in [0.1, 0.15) is 31.2 Å². The SMILES string of the molecule is COC(=O)/C(=C/O[C@@H]1O[C@H](COC(C)=O)[C@@H](OC(C)=O)[C@H](OC(C)=O)[C@H]1OC(C)=O)COC(C)=O. The van der Waals surface area contributed by atoms with Crippen molar-refractivity contribution in [1.82, 2.24) is 0 Å². The Morgan fingerprint density at radius 1 is 0.714 bits per heavy atom. The van der Waals surface area contributed by atoms with E-state index in [4.69, 9.17) is 33.2 Å². The predicted molar refractivity (Wildman–Crippen MR) is 110 cm³/mol. The molecule has 0 N–H and O–H groups in total. The summed E-state index contributed by atoms with van der Waals surface area (Å²) in [5.74, 6) is -4.73. The van der Waals surface area contributed by atoms with Crippen molar-refractivity contribution < 1.29 is 66.7 Å². The van der Waals surface area contributed by atoms with Gasteiger partial charge in [-0.2, -0.15) is 0 Å². The molecule has 1 aliphatic heterocycles. The minimum Gasteiger partial charge on any atom is -0.468 e. The van der Waals surface area contributed by atoms with Crippen LogP contribution in [0, 0.1) is 0 Å². The molecule has 0 aromatic heterocycles. The third-order valence-electron chi connectivity index (χ3n) is 4.17. The van der Waals surface area contributed by atoms with Crippen molar-refractivity contribution >= 4 is 35.8 Å². The molecule has 35 heavy (non-hydrogen) atoms. The second-order valence-electron chi connectivity index (χ2n) is 7.12. The minimum atomic E-state index is -1.56. The molecule has 196 valence electrons. The average Bonchev–Trinajstić information content (AvgIpc) is 2.74. The van der Waals surface area contributed by atoms with Gasteiger partial charge >= 0.3 is 35.8 Å². The lowest BCUT2D eigenvalue weighted by Gasteiger charge is -2.43. The van der Waals surface area contributed by atoms with Crippen LogP contribution in [0.25, 0.3) is 0 Å². The summed E-state index contributed by atoms with van der Waals surface area (Å²) >= 11 is 0. The van der Waals surface area contributed by atoms with Crippen LogP contribution in [0.4, 0.5) is 0 Å². The fourth-order valence-electron chi connectivity index (χ4n) is 2.90. The Balaban J connectivity index is 3.42. The Morgan fingerprint density at radius 3 is 1.71 bits per heavy atom. The Bertz CT molecular complexity index is 847. The molecule has 0 unspecified atom stereocenters. The van der Waals surface area contributed by atoms with E-state index in [0.717, 1.165) is 48.0 Å². The van der Waals surface area contributed by atoms with Gasteiger partial charge in [0.25, 0.3) is 0 Å². The van der Waals surface area contributed by atoms with Crippen LogP contribution in [0.15, 0.2) is 11.8 Å². The van der Waals surface area contributed by atoms with Gasteiger partial charge in [0.2, 0.25) is 12.4 Å². The fraction of sp³-hybridized carbons (Fsp3) is 0.619. The van der Waals surface area contributed by atoms with Gasteiger partial charge < -0.3 is 37.9 Å². The van der Waals surface area contributed by atoms with E-state index in [1.807, 2.05) is 0 Å². The summed E-state index contributed by atoms with van der Waals surface area (Å²) in [4.78, 5) is 69.8. The number of rotatable bonds is 10. The molecule has 0 bridgehead atoms. The molecule has 1 heterocycles. The maximum atomic E-state index is 12.0. The highest BCUT2D eigenvalue weighted by Crippen LogP contribution is 2.30. The number of ether oxygens (including phenoxy) is 8. The van der Waals surface area contributed by atoms with E-state index in [1.165, 1.54) is 0 Å². The van der Waals surface area contributed by atoms with Crippen LogP contribution in [0.1, 0.15) is 34.6 Å². The van der Waals surface area contributed by atoms with Crippen molar-refractivity contribution in [3.63, 3.8) is 0 Å². The van der Waals surface area contributed by atoms with Gasteiger partial charge in [0.15, 0.2) is 12.2 Å². The molecule has 0 radical (unpaired) electrons. The highest BCUT2D eigenvalue weighted by molar-refractivity contribution is 5.88. The number of hydrogen-bond acceptors (Lipinski definition) is 14. The zero-order valence-electron chi connectivity index (χ0n) is 20.1. The van der Waals surface area contributed by atoms with Crippen molar-refractivity contribution in [2.75, 3.05) is 20.3 Å². The predicted octanol–water partition coefficient (Wildman–Crippen LogP) is -0.294. The van der Waals surface area contributed by atoms with E-state index >= 15 is 0 Å². The molecule has 14 heteroatoms. The fourth-order valence-corrected chi connectivity index (χ4v) is 2.90. The summed E-state index contributed by atoms with van der Waals surface area (Å²) in [6.45, 7) is 4.47. The van der Waals surface area contributed by atoms with E-state index in [0.29, 0.717) is 0 Å². The molecule has 0 saturated carbocycles. The van der Waals surface area contributed by atoms with E-state index in [-0.39, 0.29) is 5.57 Å². The van der Waals surface area contributed by atoms with Crippen molar-refractivity contribution in [2.24, 2.45) is 0 Å². The highest BCUT2D eigenvalue weighted by Gasteiger charge is 2.53. The number of methoxy groups -OCH3 is 1. The van der Waals surface area contributed by atoms with Crippen LogP contribution in [-0.2, 0) is 66.7 Å². The summed E-state index contributed by atoms with van der Waals surface area (Å²) in [6, 6.07) is 0. The van der Waals surface area contributed by atoms with Crippen molar-refractivity contribution in [1.29, 1.82) is 0 Å². The van der Waals surface area contributed by atoms with Gasteiger partial charge in [-0.15, -0.1) is 0 Å². The van der Waals surface area contributed by atoms with Crippen LogP contribution in [-0.4, -0.2) is 86.8 Å². The summed E-state index contributed by atoms with van der Waals surface area (Å²) in [5, 5.41) is 0. The van der Waals surface area contributed by atoms with E-state index in [1.54, 1.807) is 0 Å². The quantitative estimate of drug-likeness (QED) is 0.164. The number of carbonyl (C=O) groups excluding carboxylic acids is 6. The zero-order chi connectivity index (χ0) is 26.7. The highest BCUT2D eigenvalue weighted by atomic mass is 16.7.